The van der Waals surface area contributed by atoms with Gasteiger partial charge in [-0.25, -0.2) is 14.1 Å². The number of carbonyl (C=O) groups is 2. The van der Waals surface area contributed by atoms with Crippen LogP contribution in [0.4, 0.5) is 9.18 Å². The van der Waals surface area contributed by atoms with Crippen LogP contribution in [0.15, 0.2) is 60.7 Å². The zero-order valence-corrected chi connectivity index (χ0v) is 17.7. The van der Waals surface area contributed by atoms with Gasteiger partial charge in [0, 0.05) is 6.54 Å². The lowest BCUT2D eigenvalue weighted by atomic mass is 9.90. The topological polar surface area (TPSA) is 61.9 Å². The Morgan fingerprint density at radius 2 is 1.81 bits per heavy atom. The Bertz CT molecular complexity index is 1170. The van der Waals surface area contributed by atoms with E-state index in [0.717, 1.165) is 22.1 Å². The number of imide groups is 1. The molecule has 7 heteroatoms. The van der Waals surface area contributed by atoms with Crippen LogP contribution in [-0.2, 0) is 16.9 Å². The maximum absolute atomic E-state index is 13.4. The summed E-state index contributed by atoms with van der Waals surface area (Å²) in [5, 5.41) is 4.77. The van der Waals surface area contributed by atoms with Gasteiger partial charge in [0.2, 0.25) is 0 Å². The molecule has 1 saturated heterocycles. The van der Waals surface area contributed by atoms with E-state index >= 15 is 0 Å². The highest BCUT2D eigenvalue weighted by Crippen LogP contribution is 2.32. The highest BCUT2D eigenvalue weighted by atomic mass is 19.1. The number of amides is 3. The number of rotatable bonds is 6. The van der Waals surface area contributed by atoms with Gasteiger partial charge in [-0.1, -0.05) is 30.3 Å². The van der Waals surface area contributed by atoms with Crippen LogP contribution in [0.25, 0.3) is 10.8 Å². The van der Waals surface area contributed by atoms with E-state index in [1.54, 1.807) is 38.1 Å². The van der Waals surface area contributed by atoms with Gasteiger partial charge >= 0.3 is 6.03 Å². The molecule has 0 spiro atoms. The number of nitrogens with zero attached hydrogens (tertiary/aromatic N) is 2. The first-order valence-electron chi connectivity index (χ1n) is 9.95. The summed E-state index contributed by atoms with van der Waals surface area (Å²) in [5.41, 5.74) is 0.311. The minimum atomic E-state index is -1.16. The van der Waals surface area contributed by atoms with Crippen molar-refractivity contribution in [2.24, 2.45) is 0 Å². The number of ether oxygens (including phenoxy) is 1. The van der Waals surface area contributed by atoms with E-state index in [1.165, 1.54) is 17.0 Å². The molecule has 3 aromatic carbocycles. The molecule has 0 bridgehead atoms. The number of halogens is 1. The van der Waals surface area contributed by atoms with E-state index in [4.69, 9.17) is 4.74 Å². The average molecular weight is 421 g/mol. The summed E-state index contributed by atoms with van der Waals surface area (Å²) in [6.45, 7) is 2.22. The van der Waals surface area contributed by atoms with Crippen LogP contribution in [0.3, 0.4) is 0 Å². The molecule has 1 aliphatic rings. The van der Waals surface area contributed by atoms with Crippen LogP contribution in [0, 0.1) is 5.82 Å². The van der Waals surface area contributed by atoms with Gasteiger partial charge < -0.3 is 10.1 Å². The predicted octanol–water partition coefficient (Wildman–Crippen LogP) is 3.84. The third kappa shape index (κ3) is 3.96. The number of nitrogens with one attached hydrogen (secondary N) is 1. The van der Waals surface area contributed by atoms with Gasteiger partial charge in [-0.05, 0) is 66.2 Å². The van der Waals surface area contributed by atoms with Crippen LogP contribution in [0.5, 0.6) is 5.75 Å². The molecule has 1 aliphatic heterocycles. The van der Waals surface area contributed by atoms with Gasteiger partial charge in [0.05, 0.1) is 13.8 Å². The van der Waals surface area contributed by atoms with Crippen molar-refractivity contribution in [3.8, 4) is 5.75 Å². The fourth-order valence-corrected chi connectivity index (χ4v) is 3.92. The number of hydrogen-bond acceptors (Lipinski definition) is 4. The smallest absolute Gasteiger partial charge is 0.326 e. The van der Waals surface area contributed by atoms with E-state index in [0.29, 0.717) is 12.1 Å². The van der Waals surface area contributed by atoms with Crippen molar-refractivity contribution < 1.29 is 18.7 Å². The van der Waals surface area contributed by atoms with E-state index < -0.39 is 11.6 Å². The molecule has 1 fully saturated rings. The van der Waals surface area contributed by atoms with E-state index in [2.05, 4.69) is 5.32 Å². The lowest BCUT2D eigenvalue weighted by Gasteiger charge is -2.25. The molecule has 3 amide bonds. The molecular weight excluding hydrogens is 397 g/mol. The highest BCUT2D eigenvalue weighted by Gasteiger charge is 2.49. The lowest BCUT2D eigenvalue weighted by molar-refractivity contribution is -0.132. The van der Waals surface area contributed by atoms with Crippen LogP contribution in [0.1, 0.15) is 18.1 Å². The largest absolute Gasteiger partial charge is 0.497 e. The zero-order chi connectivity index (χ0) is 22.2. The van der Waals surface area contributed by atoms with Crippen LogP contribution < -0.4 is 10.1 Å². The minimum absolute atomic E-state index is 0.0988. The fourth-order valence-electron chi connectivity index (χ4n) is 3.92. The first-order valence-corrected chi connectivity index (χ1v) is 9.95. The van der Waals surface area contributed by atoms with Crippen LogP contribution in [-0.4, -0.2) is 42.6 Å². The first kappa shape index (κ1) is 20.8. The second kappa shape index (κ2) is 8.00. The molecule has 31 heavy (non-hydrogen) atoms. The van der Waals surface area contributed by atoms with Gasteiger partial charge in [0.1, 0.15) is 17.1 Å². The fraction of sp³-hybridized carbons (Fsp3) is 0.250. The molecule has 1 heterocycles. The van der Waals surface area contributed by atoms with Crippen molar-refractivity contribution in [1.29, 1.82) is 0 Å². The number of hydrogen-bond donors (Lipinski definition) is 1. The van der Waals surface area contributed by atoms with Gasteiger partial charge in [-0.2, -0.15) is 0 Å². The van der Waals surface area contributed by atoms with Gasteiger partial charge in [0.25, 0.3) is 5.91 Å². The first-order chi connectivity index (χ1) is 14.8. The lowest BCUT2D eigenvalue weighted by Crippen LogP contribution is -2.42. The Morgan fingerprint density at radius 1 is 1.06 bits per heavy atom. The molecule has 0 aromatic heterocycles. The molecule has 160 valence electrons. The molecule has 0 radical (unpaired) electrons. The van der Waals surface area contributed by atoms with Crippen molar-refractivity contribution in [1.82, 2.24) is 15.1 Å². The molecule has 4 rings (SSSR count). The SMILES string of the molecule is COc1ccc2cc([C@@]3(C)NC(=O)N(CN(C)Cc4cccc(F)c4)C3=O)ccc2c1. The number of benzene rings is 3. The summed E-state index contributed by atoms with van der Waals surface area (Å²) >= 11 is 0. The standard InChI is InChI=1S/C24H24FN3O3/c1-24(19-9-7-18-13-21(31-3)10-8-17(18)12-19)22(29)28(23(30)26-24)15-27(2)14-16-5-4-6-20(25)11-16/h4-13H,14-15H2,1-3H3,(H,26,30)/t24-/m1/s1. The predicted molar refractivity (Wildman–Crippen MR) is 116 cm³/mol. The van der Waals surface area contributed by atoms with E-state index in [-0.39, 0.29) is 18.4 Å². The van der Waals surface area contributed by atoms with Crippen molar-refractivity contribution >= 4 is 22.7 Å². The normalized spacial score (nSPS) is 18.7. The van der Waals surface area contributed by atoms with Gasteiger partial charge in [-0.15, -0.1) is 0 Å². The summed E-state index contributed by atoms with van der Waals surface area (Å²) in [7, 11) is 3.40. The second-order valence-electron chi connectivity index (χ2n) is 8.00. The molecule has 6 nitrogen and oxygen atoms in total. The van der Waals surface area contributed by atoms with Crippen molar-refractivity contribution in [3.63, 3.8) is 0 Å². The molecule has 0 unspecified atom stereocenters. The van der Waals surface area contributed by atoms with Crippen LogP contribution in [0.2, 0.25) is 0 Å². The molecule has 3 aromatic rings. The monoisotopic (exact) mass is 421 g/mol. The second-order valence-corrected chi connectivity index (χ2v) is 8.00. The summed E-state index contributed by atoms with van der Waals surface area (Å²) in [6, 6.07) is 17.2. The number of methoxy groups -OCH3 is 1. The molecular formula is C24H24FN3O3. The molecule has 1 N–H and O–H groups in total. The summed E-state index contributed by atoms with van der Waals surface area (Å²) in [6.07, 6.45) is 0. The Kier molecular flexibility index (Phi) is 5.37. The third-order valence-electron chi connectivity index (χ3n) is 5.62. The Hall–Kier alpha value is -3.45. The summed E-state index contributed by atoms with van der Waals surface area (Å²) in [4.78, 5) is 28.9. The Labute approximate surface area is 180 Å². The van der Waals surface area contributed by atoms with Crippen molar-refractivity contribution in [2.75, 3.05) is 20.8 Å². The van der Waals surface area contributed by atoms with Gasteiger partial charge in [0.15, 0.2) is 0 Å². The molecule has 0 saturated carbocycles. The molecule has 1 atom stereocenters. The Balaban J connectivity index is 1.54. The van der Waals surface area contributed by atoms with E-state index in [1.807, 2.05) is 36.4 Å². The summed E-state index contributed by atoms with van der Waals surface area (Å²) < 4.78 is 18.7. The Morgan fingerprint density at radius 3 is 2.55 bits per heavy atom. The van der Waals surface area contributed by atoms with Crippen LogP contribution >= 0.6 is 0 Å². The number of fused-ring (bicyclic) bond motifs is 1. The average Bonchev–Trinajstić information content (AvgIpc) is 2.96. The maximum Gasteiger partial charge on any atom is 0.326 e. The molecule has 0 aliphatic carbocycles. The third-order valence-corrected chi connectivity index (χ3v) is 5.62. The van der Waals surface area contributed by atoms with Crippen molar-refractivity contribution in [2.45, 2.75) is 19.0 Å². The number of urea groups is 1. The maximum atomic E-state index is 13.4. The highest BCUT2D eigenvalue weighted by molar-refractivity contribution is 6.07. The van der Waals surface area contributed by atoms with E-state index in [9.17, 15) is 14.0 Å². The quantitative estimate of drug-likeness (QED) is 0.615. The minimum Gasteiger partial charge on any atom is -0.497 e. The zero-order valence-electron chi connectivity index (χ0n) is 17.7. The number of carbonyl (C=O) groups excluding carboxylic acids is 2. The summed E-state index contributed by atoms with van der Waals surface area (Å²) in [5.74, 6) is 0.114. The van der Waals surface area contributed by atoms with Crippen molar-refractivity contribution in [3.05, 3.63) is 77.6 Å². The van der Waals surface area contributed by atoms with Gasteiger partial charge in [-0.3, -0.25) is 9.69 Å².